The zero-order chi connectivity index (χ0) is 24.8. The number of unbranched alkanes of at least 4 members (excludes halogenated alkanes) is 1. The summed E-state index contributed by atoms with van der Waals surface area (Å²) >= 11 is 0. The SMILES string of the molecule is CCCCc1cc(NC(=O)NCCN2CC[N+](C)(C)CC2)cc(O)c1Cc1c[nH]c2ccccc12. The molecule has 0 atom stereocenters. The average molecular weight is 479 g/mol. The molecule has 1 aliphatic rings. The van der Waals surface area contributed by atoms with Gasteiger partial charge in [-0.1, -0.05) is 31.5 Å². The molecule has 2 amide bonds. The van der Waals surface area contributed by atoms with Crippen molar-refractivity contribution in [2.75, 3.05) is 58.7 Å². The van der Waals surface area contributed by atoms with Crippen LogP contribution < -0.4 is 10.6 Å². The molecule has 2 heterocycles. The molecule has 4 rings (SSSR count). The number of hydrogen-bond donors (Lipinski definition) is 4. The second-order valence-corrected chi connectivity index (χ2v) is 10.4. The molecule has 0 radical (unpaired) electrons. The van der Waals surface area contributed by atoms with Crippen LogP contribution in [0.25, 0.3) is 10.9 Å². The third-order valence-electron chi connectivity index (χ3n) is 7.18. The van der Waals surface area contributed by atoms with Gasteiger partial charge in [-0.15, -0.1) is 0 Å². The van der Waals surface area contributed by atoms with Crippen molar-refractivity contribution in [3.8, 4) is 5.75 Å². The molecular weight excluding hydrogens is 438 g/mol. The van der Waals surface area contributed by atoms with Gasteiger partial charge < -0.3 is 25.2 Å². The van der Waals surface area contributed by atoms with E-state index in [0.29, 0.717) is 18.7 Å². The van der Waals surface area contributed by atoms with Crippen molar-refractivity contribution in [3.05, 3.63) is 59.3 Å². The minimum Gasteiger partial charge on any atom is -0.508 e. The van der Waals surface area contributed by atoms with Gasteiger partial charge in [0.2, 0.25) is 0 Å². The highest BCUT2D eigenvalue weighted by Crippen LogP contribution is 2.32. The number of anilines is 1. The summed E-state index contributed by atoms with van der Waals surface area (Å²) in [4.78, 5) is 18.3. The minimum atomic E-state index is -0.233. The molecule has 1 saturated heterocycles. The van der Waals surface area contributed by atoms with Crippen molar-refractivity contribution >= 4 is 22.6 Å². The highest BCUT2D eigenvalue weighted by molar-refractivity contribution is 5.90. The van der Waals surface area contributed by atoms with Crippen LogP contribution in [0.1, 0.15) is 36.5 Å². The summed E-state index contributed by atoms with van der Waals surface area (Å²) in [6, 6.07) is 11.7. The molecule has 0 aliphatic carbocycles. The fourth-order valence-corrected chi connectivity index (χ4v) is 4.82. The molecule has 35 heavy (non-hydrogen) atoms. The Morgan fingerprint density at radius 1 is 1.14 bits per heavy atom. The standard InChI is InChI=1S/C28H39N5O2/c1-4-5-8-21-17-23(31-28(35)29-11-12-32-13-15-33(2,3)16-14-32)19-27(34)25(21)18-22-20-30-26-10-7-6-9-24(22)26/h6-7,9-10,17,19-20,30H,4-5,8,11-16,18H2,1-3H3,(H2-,29,31,34,35)/p+1. The highest BCUT2D eigenvalue weighted by Gasteiger charge is 2.23. The Morgan fingerprint density at radius 3 is 2.69 bits per heavy atom. The lowest BCUT2D eigenvalue weighted by atomic mass is 9.94. The Bertz CT molecular complexity index is 1140. The van der Waals surface area contributed by atoms with E-state index in [0.717, 1.165) is 78.7 Å². The van der Waals surface area contributed by atoms with Crippen LogP contribution in [0.2, 0.25) is 0 Å². The zero-order valence-corrected chi connectivity index (χ0v) is 21.4. The molecule has 1 fully saturated rings. The molecule has 1 aromatic heterocycles. The lowest BCUT2D eigenvalue weighted by molar-refractivity contribution is -0.894. The number of benzene rings is 2. The first-order chi connectivity index (χ1) is 16.8. The molecule has 0 spiro atoms. The maximum atomic E-state index is 12.6. The van der Waals surface area contributed by atoms with E-state index in [1.165, 1.54) is 5.39 Å². The zero-order valence-electron chi connectivity index (χ0n) is 21.4. The number of carbonyl (C=O) groups excluding carboxylic acids is 1. The van der Waals surface area contributed by atoms with Gasteiger partial charge in [-0.2, -0.15) is 0 Å². The number of hydrogen-bond acceptors (Lipinski definition) is 3. The smallest absolute Gasteiger partial charge is 0.319 e. The van der Waals surface area contributed by atoms with Gasteiger partial charge >= 0.3 is 6.03 Å². The predicted octanol–water partition coefficient (Wildman–Crippen LogP) is 4.32. The number of fused-ring (bicyclic) bond motifs is 1. The molecule has 2 aromatic carbocycles. The van der Waals surface area contributed by atoms with E-state index in [4.69, 9.17) is 0 Å². The quantitative estimate of drug-likeness (QED) is 0.346. The van der Waals surface area contributed by atoms with E-state index in [-0.39, 0.29) is 11.8 Å². The predicted molar refractivity (Wildman–Crippen MR) is 143 cm³/mol. The average Bonchev–Trinajstić information content (AvgIpc) is 3.23. The van der Waals surface area contributed by atoms with Crippen LogP contribution in [-0.4, -0.2) is 78.9 Å². The number of carbonyl (C=O) groups is 1. The lowest BCUT2D eigenvalue weighted by Gasteiger charge is -2.39. The van der Waals surface area contributed by atoms with Gasteiger partial charge in [0, 0.05) is 67.0 Å². The van der Waals surface area contributed by atoms with E-state index in [2.05, 4.69) is 53.7 Å². The topological polar surface area (TPSA) is 80.4 Å². The van der Waals surface area contributed by atoms with Gasteiger partial charge in [0.05, 0.1) is 27.2 Å². The Kier molecular flexibility index (Phi) is 7.98. The molecule has 0 saturated carbocycles. The van der Waals surface area contributed by atoms with Crippen molar-refractivity contribution in [1.29, 1.82) is 0 Å². The van der Waals surface area contributed by atoms with Crippen LogP contribution in [0.3, 0.4) is 0 Å². The van der Waals surface area contributed by atoms with E-state index in [1.54, 1.807) is 6.07 Å². The molecule has 7 nitrogen and oxygen atoms in total. The van der Waals surface area contributed by atoms with Gasteiger partial charge in [-0.05, 0) is 36.1 Å². The Morgan fingerprint density at radius 2 is 1.91 bits per heavy atom. The summed E-state index contributed by atoms with van der Waals surface area (Å²) in [6.07, 6.45) is 5.63. The maximum Gasteiger partial charge on any atom is 0.319 e. The van der Waals surface area contributed by atoms with Crippen LogP contribution in [-0.2, 0) is 12.8 Å². The van der Waals surface area contributed by atoms with Crippen LogP contribution in [0, 0.1) is 0 Å². The summed E-state index contributed by atoms with van der Waals surface area (Å²) in [5.74, 6) is 0.230. The number of nitrogens with zero attached hydrogens (tertiary/aromatic N) is 2. The van der Waals surface area contributed by atoms with E-state index < -0.39 is 0 Å². The van der Waals surface area contributed by atoms with Gasteiger partial charge in [0.1, 0.15) is 5.75 Å². The molecule has 3 aromatic rings. The van der Waals surface area contributed by atoms with Crippen molar-refractivity contribution < 1.29 is 14.4 Å². The maximum absolute atomic E-state index is 12.6. The summed E-state index contributed by atoms with van der Waals surface area (Å²) in [5, 5.41) is 18.0. The first-order valence-electron chi connectivity index (χ1n) is 12.8. The van der Waals surface area contributed by atoms with Crippen molar-refractivity contribution in [2.45, 2.75) is 32.6 Å². The van der Waals surface area contributed by atoms with Crippen LogP contribution in [0.5, 0.6) is 5.75 Å². The van der Waals surface area contributed by atoms with Crippen molar-refractivity contribution in [3.63, 3.8) is 0 Å². The minimum absolute atomic E-state index is 0.230. The fraction of sp³-hybridized carbons (Fsp3) is 0.464. The van der Waals surface area contributed by atoms with Gasteiger partial charge in [0.15, 0.2) is 0 Å². The number of aromatic nitrogens is 1. The van der Waals surface area contributed by atoms with Gasteiger partial charge in [-0.3, -0.25) is 4.90 Å². The number of amides is 2. The third kappa shape index (κ3) is 6.55. The first-order valence-corrected chi connectivity index (χ1v) is 12.8. The first kappa shape index (κ1) is 25.1. The van der Waals surface area contributed by atoms with Crippen molar-refractivity contribution in [2.24, 2.45) is 0 Å². The van der Waals surface area contributed by atoms with Crippen LogP contribution in [0.4, 0.5) is 10.5 Å². The van der Waals surface area contributed by atoms with Gasteiger partial charge in [-0.25, -0.2) is 4.79 Å². The largest absolute Gasteiger partial charge is 0.508 e. The summed E-state index contributed by atoms with van der Waals surface area (Å²) in [7, 11) is 4.53. The van der Waals surface area contributed by atoms with Crippen LogP contribution >= 0.6 is 0 Å². The fourth-order valence-electron chi connectivity index (χ4n) is 4.82. The second-order valence-electron chi connectivity index (χ2n) is 10.4. The number of H-pyrrole nitrogens is 1. The number of rotatable bonds is 9. The summed E-state index contributed by atoms with van der Waals surface area (Å²) in [5.41, 5.74) is 4.90. The van der Waals surface area contributed by atoms with E-state index >= 15 is 0 Å². The number of piperazine rings is 1. The van der Waals surface area contributed by atoms with Gasteiger partial charge in [0.25, 0.3) is 0 Å². The summed E-state index contributed by atoms with van der Waals surface area (Å²) in [6.45, 7) is 8.01. The summed E-state index contributed by atoms with van der Waals surface area (Å²) < 4.78 is 1.06. The van der Waals surface area contributed by atoms with Crippen molar-refractivity contribution in [1.82, 2.24) is 15.2 Å². The molecule has 188 valence electrons. The number of para-hydroxylation sites is 1. The third-order valence-corrected chi connectivity index (χ3v) is 7.18. The molecular formula is C28H40N5O2+. The molecule has 0 unspecified atom stereocenters. The highest BCUT2D eigenvalue weighted by atomic mass is 16.3. The number of phenols is 1. The Balaban J connectivity index is 1.40. The second kappa shape index (κ2) is 11.1. The Hall–Kier alpha value is -3.03. The molecule has 1 aliphatic heterocycles. The number of phenolic OH excluding ortho intramolecular Hbond substituents is 1. The molecule has 4 N–H and O–H groups in total. The number of quaternary nitrogens is 1. The molecule has 7 heteroatoms. The number of aromatic amines is 1. The Labute approximate surface area is 208 Å². The van der Waals surface area contributed by atoms with E-state index in [1.807, 2.05) is 24.4 Å². The van der Waals surface area contributed by atoms with Crippen LogP contribution in [0.15, 0.2) is 42.6 Å². The number of likely N-dealkylation sites (N-methyl/N-ethyl adjacent to an activating group) is 1. The number of aryl methyl sites for hydroxylation is 1. The monoisotopic (exact) mass is 478 g/mol. The number of aromatic hydroxyl groups is 1. The lowest BCUT2D eigenvalue weighted by Crippen LogP contribution is -2.55. The normalized spacial score (nSPS) is 15.9. The number of nitrogens with one attached hydrogen (secondary N) is 3. The van der Waals surface area contributed by atoms with E-state index in [9.17, 15) is 9.90 Å². The number of urea groups is 1. The molecule has 0 bridgehead atoms.